The van der Waals surface area contributed by atoms with E-state index in [1.54, 1.807) is 6.20 Å². The largest absolute Gasteiger partial charge is 0.352 e. The predicted molar refractivity (Wildman–Crippen MR) is 75.8 cm³/mol. The van der Waals surface area contributed by atoms with Crippen molar-refractivity contribution in [2.24, 2.45) is 0 Å². The molecule has 4 rings (SSSR count). The Kier molecular flexibility index (Phi) is 3.07. The quantitative estimate of drug-likeness (QED) is 0.813. The van der Waals surface area contributed by atoms with E-state index in [1.807, 2.05) is 0 Å². The van der Waals surface area contributed by atoms with Gasteiger partial charge in [-0.3, -0.25) is 4.90 Å². The predicted octanol–water partition coefficient (Wildman–Crippen LogP) is 1.06. The number of hydrogen-bond donors (Lipinski definition) is 0. The van der Waals surface area contributed by atoms with Gasteiger partial charge in [0.1, 0.15) is 5.69 Å². The smallest absolute Gasteiger partial charge is 0.151 e. The van der Waals surface area contributed by atoms with Gasteiger partial charge in [-0.1, -0.05) is 10.3 Å². The van der Waals surface area contributed by atoms with Crippen LogP contribution in [0.25, 0.3) is 0 Å². The lowest BCUT2D eigenvalue weighted by Gasteiger charge is -2.44. The zero-order chi connectivity index (χ0) is 14.2. The molecule has 1 aliphatic heterocycles. The topological polar surface area (TPSA) is 71.2 Å². The van der Waals surface area contributed by atoms with Gasteiger partial charge in [-0.05, 0) is 32.0 Å². The molecule has 2 aliphatic rings. The average Bonchev–Trinajstić information content (AvgIpc) is 3.17. The third-order valence-electron chi connectivity index (χ3n) is 4.29. The number of likely N-dealkylation sites (N-methyl/N-ethyl adjacent to an activating group) is 1. The molecule has 2 aromatic rings. The molecule has 1 saturated heterocycles. The van der Waals surface area contributed by atoms with Crippen LogP contribution in [-0.4, -0.2) is 51.6 Å². The van der Waals surface area contributed by atoms with Gasteiger partial charge in [-0.2, -0.15) is 5.10 Å². The number of hydrogen-bond acceptors (Lipinski definition) is 7. The fourth-order valence-corrected chi connectivity index (χ4v) is 2.66. The zero-order valence-electron chi connectivity index (χ0n) is 12.0. The van der Waals surface area contributed by atoms with E-state index in [1.165, 1.54) is 12.8 Å². The Balaban J connectivity index is 1.31. The van der Waals surface area contributed by atoms with Crippen LogP contribution >= 0.6 is 0 Å². The number of anilines is 1. The lowest BCUT2D eigenvalue weighted by Crippen LogP contribution is -2.58. The molecule has 0 spiro atoms. The average molecular weight is 286 g/mol. The van der Waals surface area contributed by atoms with Crippen LogP contribution in [-0.2, 0) is 6.54 Å². The second-order valence-corrected chi connectivity index (χ2v) is 5.96. The highest BCUT2D eigenvalue weighted by Gasteiger charge is 2.32. The monoisotopic (exact) mass is 286 g/mol. The second-order valence-electron chi connectivity index (χ2n) is 5.96. The van der Waals surface area contributed by atoms with Gasteiger partial charge in [0.05, 0.1) is 11.9 Å². The van der Waals surface area contributed by atoms with Crippen molar-refractivity contribution in [1.82, 2.24) is 25.4 Å². The van der Waals surface area contributed by atoms with Crippen LogP contribution in [0, 0.1) is 0 Å². The molecule has 2 fully saturated rings. The summed E-state index contributed by atoms with van der Waals surface area (Å²) in [5.74, 6) is 1.64. The van der Waals surface area contributed by atoms with Crippen LogP contribution in [0.2, 0.25) is 0 Å². The van der Waals surface area contributed by atoms with E-state index < -0.39 is 0 Å². The summed E-state index contributed by atoms with van der Waals surface area (Å²) in [7, 11) is 2.10. The van der Waals surface area contributed by atoms with Crippen molar-refractivity contribution in [3.63, 3.8) is 0 Å². The second kappa shape index (κ2) is 5.07. The van der Waals surface area contributed by atoms with Crippen molar-refractivity contribution in [2.45, 2.75) is 31.3 Å². The fourth-order valence-electron chi connectivity index (χ4n) is 2.66. The van der Waals surface area contributed by atoms with Crippen LogP contribution < -0.4 is 4.90 Å². The highest BCUT2D eigenvalue weighted by atomic mass is 16.6. The Morgan fingerprint density at radius 2 is 2.14 bits per heavy atom. The molecule has 0 N–H and O–H groups in total. The van der Waals surface area contributed by atoms with Crippen molar-refractivity contribution in [3.05, 3.63) is 29.7 Å². The van der Waals surface area contributed by atoms with Crippen molar-refractivity contribution < 1.29 is 4.63 Å². The number of rotatable bonds is 5. The summed E-state index contributed by atoms with van der Waals surface area (Å²) in [6.45, 7) is 2.70. The van der Waals surface area contributed by atoms with E-state index in [4.69, 9.17) is 0 Å². The van der Waals surface area contributed by atoms with Crippen molar-refractivity contribution in [2.75, 3.05) is 25.0 Å². The van der Waals surface area contributed by atoms with Gasteiger partial charge in [0.2, 0.25) is 0 Å². The summed E-state index contributed by atoms with van der Waals surface area (Å²) in [5.41, 5.74) is 2.01. The minimum absolute atomic E-state index is 0.506. The molecule has 0 radical (unpaired) electrons. The highest BCUT2D eigenvalue weighted by molar-refractivity contribution is 5.42. The van der Waals surface area contributed by atoms with Crippen LogP contribution in [0.1, 0.15) is 30.1 Å². The van der Waals surface area contributed by atoms with Crippen molar-refractivity contribution in [3.8, 4) is 0 Å². The van der Waals surface area contributed by atoms with Gasteiger partial charge in [0.25, 0.3) is 0 Å². The number of nitrogens with zero attached hydrogens (tertiary/aromatic N) is 6. The molecule has 7 heteroatoms. The first-order valence-corrected chi connectivity index (χ1v) is 7.35. The Bertz CT molecular complexity index is 588. The molecule has 1 aliphatic carbocycles. The molecule has 0 atom stereocenters. The molecule has 3 heterocycles. The van der Waals surface area contributed by atoms with E-state index in [9.17, 15) is 0 Å². The van der Waals surface area contributed by atoms with Gasteiger partial charge in [0, 0.05) is 31.6 Å². The summed E-state index contributed by atoms with van der Waals surface area (Å²) in [6, 6.07) is 4.72. The molecule has 7 nitrogen and oxygen atoms in total. The van der Waals surface area contributed by atoms with E-state index in [0.717, 1.165) is 36.8 Å². The van der Waals surface area contributed by atoms with Crippen molar-refractivity contribution in [1.29, 1.82) is 0 Å². The SMILES string of the molecule is CN(Cc1cnon1)C1CN(c2ccc(C3CC3)nn2)C1. The third kappa shape index (κ3) is 2.61. The van der Waals surface area contributed by atoms with E-state index in [2.05, 4.69) is 54.1 Å². The van der Waals surface area contributed by atoms with Gasteiger partial charge in [-0.25, -0.2) is 4.63 Å². The molecule has 110 valence electrons. The highest BCUT2D eigenvalue weighted by Crippen LogP contribution is 2.38. The normalized spacial score (nSPS) is 19.0. The Morgan fingerprint density at radius 1 is 1.29 bits per heavy atom. The first-order chi connectivity index (χ1) is 10.3. The van der Waals surface area contributed by atoms with Gasteiger partial charge in [-0.15, -0.1) is 5.10 Å². The van der Waals surface area contributed by atoms with Crippen LogP contribution in [0.15, 0.2) is 23.0 Å². The summed E-state index contributed by atoms with van der Waals surface area (Å²) in [5, 5.41) is 16.2. The summed E-state index contributed by atoms with van der Waals surface area (Å²) in [4.78, 5) is 4.52. The zero-order valence-corrected chi connectivity index (χ0v) is 12.0. The first-order valence-electron chi connectivity index (χ1n) is 7.35. The summed E-state index contributed by atoms with van der Waals surface area (Å²) < 4.78 is 4.62. The van der Waals surface area contributed by atoms with Gasteiger partial charge >= 0.3 is 0 Å². The minimum atomic E-state index is 0.506. The number of aromatic nitrogens is 4. The molecule has 0 unspecified atom stereocenters. The van der Waals surface area contributed by atoms with E-state index >= 15 is 0 Å². The summed E-state index contributed by atoms with van der Waals surface area (Å²) >= 11 is 0. The molecular weight excluding hydrogens is 268 g/mol. The molecule has 2 aromatic heterocycles. The van der Waals surface area contributed by atoms with Crippen LogP contribution in [0.3, 0.4) is 0 Å². The van der Waals surface area contributed by atoms with E-state index in [-0.39, 0.29) is 0 Å². The first kappa shape index (κ1) is 12.7. The maximum Gasteiger partial charge on any atom is 0.151 e. The van der Waals surface area contributed by atoms with Gasteiger partial charge < -0.3 is 4.90 Å². The lowest BCUT2D eigenvalue weighted by atomic mass is 10.1. The fraction of sp³-hybridized carbons (Fsp3) is 0.571. The van der Waals surface area contributed by atoms with Crippen LogP contribution in [0.5, 0.6) is 0 Å². The lowest BCUT2D eigenvalue weighted by molar-refractivity contribution is 0.190. The Morgan fingerprint density at radius 3 is 2.76 bits per heavy atom. The molecule has 21 heavy (non-hydrogen) atoms. The maximum absolute atomic E-state index is 4.62. The molecule has 1 saturated carbocycles. The third-order valence-corrected chi connectivity index (χ3v) is 4.29. The molecular formula is C14H18N6O. The standard InChI is InChI=1S/C14H18N6O/c1-19(7-11-6-15-21-18-11)12-8-20(9-12)14-5-4-13(16-17-14)10-2-3-10/h4-6,10,12H,2-3,7-9H2,1H3. The Labute approximate surface area is 122 Å². The molecule has 0 amide bonds. The molecule has 0 aromatic carbocycles. The Hall–Kier alpha value is -2.02. The summed E-state index contributed by atoms with van der Waals surface area (Å²) in [6.07, 6.45) is 4.19. The van der Waals surface area contributed by atoms with Crippen molar-refractivity contribution >= 4 is 5.82 Å². The van der Waals surface area contributed by atoms with E-state index in [0.29, 0.717) is 12.0 Å². The van der Waals surface area contributed by atoms with Crippen LogP contribution in [0.4, 0.5) is 5.82 Å². The molecule has 0 bridgehead atoms. The maximum atomic E-state index is 4.62. The minimum Gasteiger partial charge on any atom is -0.352 e. The van der Waals surface area contributed by atoms with Gasteiger partial charge in [0.15, 0.2) is 5.82 Å².